The third-order valence-corrected chi connectivity index (χ3v) is 5.35. The van der Waals surface area contributed by atoms with Crippen LogP contribution in [0.15, 0.2) is 10.6 Å². The molecule has 1 N–H and O–H groups in total. The zero-order valence-corrected chi connectivity index (χ0v) is 15.2. The monoisotopic (exact) mass is 348 g/mol. The van der Waals surface area contributed by atoms with Gasteiger partial charge in [-0.1, -0.05) is 5.16 Å². The maximum atomic E-state index is 12.6. The van der Waals surface area contributed by atoms with Crippen molar-refractivity contribution in [3.05, 3.63) is 11.8 Å². The Hall–Kier alpha value is -1.89. The lowest BCUT2D eigenvalue weighted by molar-refractivity contribution is -0.138. The molecule has 2 amide bonds. The summed E-state index contributed by atoms with van der Waals surface area (Å²) in [6.45, 7) is 7.06. The average Bonchev–Trinajstić information content (AvgIpc) is 3.06. The standard InChI is InChI=1S/C18H28N4O3/c1-13-12-16(20-25-13)19-17(23)14(2)21-10-6-15(7-11-21)18(24)22-8-4-3-5-9-22/h12,14-15H,3-11H2,1-2H3,(H,19,20,23). The highest BCUT2D eigenvalue weighted by atomic mass is 16.5. The molecule has 0 bridgehead atoms. The van der Waals surface area contributed by atoms with Crippen LogP contribution in [0.3, 0.4) is 0 Å². The van der Waals surface area contributed by atoms with Crippen molar-refractivity contribution in [3.8, 4) is 0 Å². The van der Waals surface area contributed by atoms with Crippen LogP contribution in [0.4, 0.5) is 5.82 Å². The second-order valence-corrected chi connectivity index (χ2v) is 7.18. The number of rotatable bonds is 4. The molecule has 1 aromatic heterocycles. The van der Waals surface area contributed by atoms with Gasteiger partial charge in [0.25, 0.3) is 0 Å². The summed E-state index contributed by atoms with van der Waals surface area (Å²) >= 11 is 0. The minimum atomic E-state index is -0.247. The van der Waals surface area contributed by atoms with Crippen molar-refractivity contribution >= 4 is 17.6 Å². The topological polar surface area (TPSA) is 78.7 Å². The van der Waals surface area contributed by atoms with Gasteiger partial charge in [-0.05, 0) is 59.0 Å². The molecule has 3 rings (SSSR count). The maximum absolute atomic E-state index is 12.6. The Kier molecular flexibility index (Phi) is 5.73. The number of hydrogen-bond acceptors (Lipinski definition) is 5. The fourth-order valence-electron chi connectivity index (χ4n) is 3.73. The number of nitrogens with one attached hydrogen (secondary N) is 1. The Balaban J connectivity index is 1.47. The highest BCUT2D eigenvalue weighted by Gasteiger charge is 2.32. The summed E-state index contributed by atoms with van der Waals surface area (Å²) in [5.41, 5.74) is 0. The highest BCUT2D eigenvalue weighted by Crippen LogP contribution is 2.23. The van der Waals surface area contributed by atoms with E-state index in [1.807, 2.05) is 11.8 Å². The van der Waals surface area contributed by atoms with Gasteiger partial charge in [0, 0.05) is 25.1 Å². The molecular weight excluding hydrogens is 320 g/mol. The third kappa shape index (κ3) is 4.39. The number of hydrogen-bond donors (Lipinski definition) is 1. The summed E-state index contributed by atoms with van der Waals surface area (Å²) in [6, 6.07) is 1.46. The van der Waals surface area contributed by atoms with Crippen LogP contribution in [0.1, 0.15) is 44.8 Å². The number of anilines is 1. The molecule has 1 atom stereocenters. The summed E-state index contributed by atoms with van der Waals surface area (Å²) in [6.07, 6.45) is 5.15. The Bertz CT molecular complexity index is 601. The van der Waals surface area contributed by atoms with Gasteiger partial charge in [0.1, 0.15) is 5.76 Å². The first-order chi connectivity index (χ1) is 12.0. The number of piperidine rings is 2. The minimum Gasteiger partial charge on any atom is -0.360 e. The Morgan fingerprint density at radius 2 is 1.88 bits per heavy atom. The molecule has 2 aliphatic heterocycles. The number of likely N-dealkylation sites (tertiary alicyclic amines) is 2. The molecule has 138 valence electrons. The molecule has 1 unspecified atom stereocenters. The van der Waals surface area contributed by atoms with Gasteiger partial charge in [-0.3, -0.25) is 14.5 Å². The Morgan fingerprint density at radius 1 is 1.20 bits per heavy atom. The van der Waals surface area contributed by atoms with E-state index in [2.05, 4.69) is 15.4 Å². The molecule has 7 heteroatoms. The fourth-order valence-corrected chi connectivity index (χ4v) is 3.73. The zero-order valence-electron chi connectivity index (χ0n) is 15.2. The van der Waals surface area contributed by atoms with Crippen LogP contribution < -0.4 is 5.32 Å². The number of amides is 2. The number of aryl methyl sites for hydroxylation is 1. The van der Waals surface area contributed by atoms with Crippen molar-refractivity contribution in [2.24, 2.45) is 5.92 Å². The molecule has 25 heavy (non-hydrogen) atoms. The summed E-state index contributed by atoms with van der Waals surface area (Å²) in [4.78, 5) is 29.2. The van der Waals surface area contributed by atoms with E-state index >= 15 is 0 Å². The second-order valence-electron chi connectivity index (χ2n) is 7.18. The highest BCUT2D eigenvalue weighted by molar-refractivity contribution is 5.93. The van der Waals surface area contributed by atoms with Crippen LogP contribution in [0, 0.1) is 12.8 Å². The van der Waals surface area contributed by atoms with E-state index in [1.165, 1.54) is 6.42 Å². The third-order valence-electron chi connectivity index (χ3n) is 5.35. The molecule has 0 spiro atoms. The smallest absolute Gasteiger partial charge is 0.242 e. The predicted octanol–water partition coefficient (Wildman–Crippen LogP) is 2.03. The maximum Gasteiger partial charge on any atom is 0.242 e. The average molecular weight is 348 g/mol. The SMILES string of the molecule is Cc1cc(NC(=O)C(C)N2CCC(C(=O)N3CCCCC3)CC2)no1. The zero-order chi connectivity index (χ0) is 17.8. The number of aromatic nitrogens is 1. The van der Waals surface area contributed by atoms with Crippen LogP contribution in [-0.4, -0.2) is 59.0 Å². The molecular formula is C18H28N4O3. The van der Waals surface area contributed by atoms with Crippen LogP contribution in [0.2, 0.25) is 0 Å². The van der Waals surface area contributed by atoms with E-state index in [4.69, 9.17) is 4.52 Å². The second kappa shape index (κ2) is 7.99. The number of carbonyl (C=O) groups is 2. The molecule has 2 saturated heterocycles. The van der Waals surface area contributed by atoms with Gasteiger partial charge in [-0.25, -0.2) is 0 Å². The van der Waals surface area contributed by atoms with Gasteiger partial charge >= 0.3 is 0 Å². The lowest BCUT2D eigenvalue weighted by Crippen LogP contribution is -2.49. The Labute approximate surface area is 148 Å². The Morgan fingerprint density at radius 3 is 2.48 bits per heavy atom. The van der Waals surface area contributed by atoms with E-state index in [9.17, 15) is 9.59 Å². The normalized spacial score (nSPS) is 21.1. The van der Waals surface area contributed by atoms with E-state index in [-0.39, 0.29) is 17.9 Å². The summed E-state index contributed by atoms with van der Waals surface area (Å²) in [7, 11) is 0. The van der Waals surface area contributed by atoms with E-state index in [0.717, 1.165) is 51.9 Å². The van der Waals surface area contributed by atoms with Crippen LogP contribution >= 0.6 is 0 Å². The van der Waals surface area contributed by atoms with Crippen LogP contribution in [0.25, 0.3) is 0 Å². The van der Waals surface area contributed by atoms with Crippen molar-refractivity contribution in [1.82, 2.24) is 15.0 Å². The van der Waals surface area contributed by atoms with E-state index < -0.39 is 0 Å². The lowest BCUT2D eigenvalue weighted by atomic mass is 9.93. The van der Waals surface area contributed by atoms with Crippen molar-refractivity contribution < 1.29 is 14.1 Å². The van der Waals surface area contributed by atoms with Crippen molar-refractivity contribution in [2.45, 2.75) is 52.0 Å². The van der Waals surface area contributed by atoms with E-state index in [0.29, 0.717) is 17.5 Å². The van der Waals surface area contributed by atoms with Gasteiger partial charge in [-0.2, -0.15) is 0 Å². The van der Waals surface area contributed by atoms with Gasteiger partial charge in [-0.15, -0.1) is 0 Å². The van der Waals surface area contributed by atoms with Crippen molar-refractivity contribution in [2.75, 3.05) is 31.5 Å². The van der Waals surface area contributed by atoms with Gasteiger partial charge in [0.15, 0.2) is 5.82 Å². The van der Waals surface area contributed by atoms with Gasteiger partial charge < -0.3 is 14.7 Å². The minimum absolute atomic E-state index is 0.0888. The lowest BCUT2D eigenvalue weighted by Gasteiger charge is -2.37. The summed E-state index contributed by atoms with van der Waals surface area (Å²) < 4.78 is 4.97. The van der Waals surface area contributed by atoms with Crippen LogP contribution in [0.5, 0.6) is 0 Å². The number of nitrogens with zero attached hydrogens (tertiary/aromatic N) is 3. The van der Waals surface area contributed by atoms with Gasteiger partial charge in [0.05, 0.1) is 6.04 Å². The summed E-state index contributed by atoms with van der Waals surface area (Å²) in [5.74, 6) is 1.45. The first kappa shape index (κ1) is 17.9. The van der Waals surface area contributed by atoms with Crippen LogP contribution in [-0.2, 0) is 9.59 Å². The molecule has 1 aromatic rings. The van der Waals surface area contributed by atoms with Gasteiger partial charge in [0.2, 0.25) is 11.8 Å². The van der Waals surface area contributed by atoms with Crippen molar-refractivity contribution in [3.63, 3.8) is 0 Å². The molecule has 2 fully saturated rings. The fraction of sp³-hybridized carbons (Fsp3) is 0.722. The predicted molar refractivity (Wildman–Crippen MR) is 94.1 cm³/mol. The molecule has 7 nitrogen and oxygen atoms in total. The number of carbonyl (C=O) groups excluding carboxylic acids is 2. The quantitative estimate of drug-likeness (QED) is 0.901. The van der Waals surface area contributed by atoms with Crippen molar-refractivity contribution in [1.29, 1.82) is 0 Å². The summed E-state index contributed by atoms with van der Waals surface area (Å²) in [5, 5.41) is 6.58. The molecule has 0 saturated carbocycles. The molecule has 0 aromatic carbocycles. The molecule has 0 radical (unpaired) electrons. The largest absolute Gasteiger partial charge is 0.360 e. The first-order valence-corrected chi connectivity index (χ1v) is 9.31. The first-order valence-electron chi connectivity index (χ1n) is 9.31. The molecule has 2 aliphatic rings. The van der Waals surface area contributed by atoms with E-state index in [1.54, 1.807) is 13.0 Å². The molecule has 3 heterocycles. The molecule has 0 aliphatic carbocycles.